The first kappa shape index (κ1) is 11.2. The molecule has 3 nitrogen and oxygen atoms in total. The van der Waals surface area contributed by atoms with Gasteiger partial charge in [0.15, 0.2) is 0 Å². The standard InChI is InChI=1S/C11H13FN2O/c1-8(2)7-13-11(15)14-10-5-3-9(12)4-6-10/h3-6H,1,7H2,2H3,(H2,13,14,15). The summed E-state index contributed by atoms with van der Waals surface area (Å²) in [5.74, 6) is -0.331. The molecule has 0 radical (unpaired) electrons. The quantitative estimate of drug-likeness (QED) is 0.736. The van der Waals surface area contributed by atoms with Crippen molar-refractivity contribution in [3.8, 4) is 0 Å². The SMILES string of the molecule is C=C(C)CNC(=O)Nc1ccc(F)cc1. The van der Waals surface area contributed by atoms with Crippen molar-refractivity contribution >= 4 is 11.7 Å². The average molecular weight is 208 g/mol. The van der Waals surface area contributed by atoms with Crippen molar-refractivity contribution in [2.75, 3.05) is 11.9 Å². The van der Waals surface area contributed by atoms with Gasteiger partial charge in [0.2, 0.25) is 0 Å². The van der Waals surface area contributed by atoms with Gasteiger partial charge in [-0.05, 0) is 31.2 Å². The lowest BCUT2D eigenvalue weighted by Gasteiger charge is -2.06. The largest absolute Gasteiger partial charge is 0.334 e. The molecule has 0 aliphatic rings. The van der Waals surface area contributed by atoms with Crippen LogP contribution in [0.4, 0.5) is 14.9 Å². The molecule has 1 aromatic rings. The summed E-state index contributed by atoms with van der Waals surface area (Å²) < 4.78 is 12.5. The van der Waals surface area contributed by atoms with E-state index in [9.17, 15) is 9.18 Å². The Morgan fingerprint density at radius 3 is 2.53 bits per heavy atom. The maximum Gasteiger partial charge on any atom is 0.319 e. The highest BCUT2D eigenvalue weighted by Crippen LogP contribution is 2.07. The summed E-state index contributed by atoms with van der Waals surface area (Å²) in [5.41, 5.74) is 1.42. The summed E-state index contributed by atoms with van der Waals surface area (Å²) in [6.07, 6.45) is 0. The van der Waals surface area contributed by atoms with E-state index in [4.69, 9.17) is 0 Å². The number of halogens is 1. The highest BCUT2D eigenvalue weighted by atomic mass is 19.1. The molecular weight excluding hydrogens is 195 g/mol. The van der Waals surface area contributed by atoms with Crippen LogP contribution >= 0.6 is 0 Å². The molecule has 0 aromatic heterocycles. The van der Waals surface area contributed by atoms with Crippen LogP contribution in [0.25, 0.3) is 0 Å². The van der Waals surface area contributed by atoms with E-state index in [0.29, 0.717) is 12.2 Å². The number of amides is 2. The van der Waals surface area contributed by atoms with E-state index in [-0.39, 0.29) is 11.8 Å². The Morgan fingerprint density at radius 1 is 1.40 bits per heavy atom. The average Bonchev–Trinajstić information content (AvgIpc) is 2.19. The summed E-state index contributed by atoms with van der Waals surface area (Å²) in [4.78, 5) is 11.2. The lowest BCUT2D eigenvalue weighted by atomic mass is 10.3. The number of rotatable bonds is 3. The van der Waals surface area contributed by atoms with Crippen LogP contribution < -0.4 is 10.6 Å². The van der Waals surface area contributed by atoms with Crippen LogP contribution in [0.1, 0.15) is 6.92 Å². The smallest absolute Gasteiger partial charge is 0.319 e. The maximum absolute atomic E-state index is 12.5. The first-order chi connectivity index (χ1) is 7.08. The fourth-order valence-corrected chi connectivity index (χ4v) is 0.940. The van der Waals surface area contributed by atoms with Gasteiger partial charge in [-0.3, -0.25) is 0 Å². The minimum absolute atomic E-state index is 0.329. The predicted octanol–water partition coefficient (Wildman–Crippen LogP) is 2.52. The molecule has 0 aliphatic heterocycles. The van der Waals surface area contributed by atoms with Gasteiger partial charge in [0, 0.05) is 12.2 Å². The molecule has 1 aromatic carbocycles. The van der Waals surface area contributed by atoms with E-state index in [1.54, 1.807) is 0 Å². The van der Waals surface area contributed by atoms with Gasteiger partial charge in [-0.1, -0.05) is 12.2 Å². The van der Waals surface area contributed by atoms with Crippen LogP contribution in [0.15, 0.2) is 36.4 Å². The molecular formula is C11H13FN2O. The number of hydrogen-bond acceptors (Lipinski definition) is 1. The summed E-state index contributed by atoms with van der Waals surface area (Å²) in [5, 5.41) is 5.17. The molecule has 0 saturated heterocycles. The van der Waals surface area contributed by atoms with Gasteiger partial charge in [-0.2, -0.15) is 0 Å². The van der Waals surface area contributed by atoms with Gasteiger partial charge in [0.05, 0.1) is 0 Å². The van der Waals surface area contributed by atoms with Gasteiger partial charge in [0.1, 0.15) is 5.82 Å². The highest BCUT2D eigenvalue weighted by Gasteiger charge is 2.00. The number of carbonyl (C=O) groups excluding carboxylic acids is 1. The Labute approximate surface area is 88.0 Å². The first-order valence-electron chi connectivity index (χ1n) is 4.53. The first-order valence-corrected chi connectivity index (χ1v) is 4.53. The highest BCUT2D eigenvalue weighted by molar-refractivity contribution is 5.89. The number of urea groups is 1. The van der Waals surface area contributed by atoms with E-state index < -0.39 is 0 Å². The van der Waals surface area contributed by atoms with Crippen molar-refractivity contribution in [2.24, 2.45) is 0 Å². The molecule has 2 amide bonds. The van der Waals surface area contributed by atoms with E-state index in [1.165, 1.54) is 24.3 Å². The van der Waals surface area contributed by atoms with Crippen molar-refractivity contribution < 1.29 is 9.18 Å². The summed E-state index contributed by atoms with van der Waals surface area (Å²) >= 11 is 0. The topological polar surface area (TPSA) is 41.1 Å². The zero-order chi connectivity index (χ0) is 11.3. The second kappa shape index (κ2) is 5.14. The number of anilines is 1. The van der Waals surface area contributed by atoms with E-state index >= 15 is 0 Å². The summed E-state index contributed by atoms with van der Waals surface area (Å²) in [6.45, 7) is 5.89. The molecule has 4 heteroatoms. The van der Waals surface area contributed by atoms with Crippen molar-refractivity contribution in [1.29, 1.82) is 0 Å². The minimum atomic E-state index is -0.331. The molecule has 15 heavy (non-hydrogen) atoms. The molecule has 0 saturated carbocycles. The third-order valence-electron chi connectivity index (χ3n) is 1.65. The number of nitrogens with one attached hydrogen (secondary N) is 2. The second-order valence-corrected chi connectivity index (χ2v) is 3.27. The zero-order valence-electron chi connectivity index (χ0n) is 8.51. The minimum Gasteiger partial charge on any atom is -0.334 e. The van der Waals surface area contributed by atoms with E-state index in [2.05, 4.69) is 17.2 Å². The molecule has 0 heterocycles. The van der Waals surface area contributed by atoms with Gasteiger partial charge in [0.25, 0.3) is 0 Å². The normalized spacial score (nSPS) is 9.47. The van der Waals surface area contributed by atoms with Crippen LogP contribution in [-0.4, -0.2) is 12.6 Å². The monoisotopic (exact) mass is 208 g/mol. The molecule has 0 spiro atoms. The van der Waals surface area contributed by atoms with Crippen molar-refractivity contribution in [3.05, 3.63) is 42.2 Å². The Morgan fingerprint density at radius 2 is 2.00 bits per heavy atom. The lowest BCUT2D eigenvalue weighted by molar-refractivity contribution is 0.253. The number of hydrogen-bond donors (Lipinski definition) is 2. The lowest BCUT2D eigenvalue weighted by Crippen LogP contribution is -2.29. The number of benzene rings is 1. The fourth-order valence-electron chi connectivity index (χ4n) is 0.940. The molecule has 1 rings (SSSR count). The van der Waals surface area contributed by atoms with Crippen LogP contribution in [-0.2, 0) is 0 Å². The molecule has 0 fully saturated rings. The van der Waals surface area contributed by atoms with Crippen LogP contribution in [0, 0.1) is 5.82 Å². The Hall–Kier alpha value is -1.84. The molecule has 80 valence electrons. The third-order valence-corrected chi connectivity index (χ3v) is 1.65. The van der Waals surface area contributed by atoms with Crippen molar-refractivity contribution in [3.63, 3.8) is 0 Å². The summed E-state index contributed by atoms with van der Waals surface area (Å²) in [6, 6.07) is 5.23. The van der Waals surface area contributed by atoms with E-state index in [1.807, 2.05) is 6.92 Å². The van der Waals surface area contributed by atoms with Gasteiger partial charge in [-0.25, -0.2) is 9.18 Å². The number of carbonyl (C=O) groups is 1. The second-order valence-electron chi connectivity index (χ2n) is 3.27. The van der Waals surface area contributed by atoms with Crippen LogP contribution in [0.3, 0.4) is 0 Å². The molecule has 2 N–H and O–H groups in total. The Bertz CT molecular complexity index is 359. The predicted molar refractivity (Wildman–Crippen MR) is 58.2 cm³/mol. The van der Waals surface area contributed by atoms with Crippen LogP contribution in [0.2, 0.25) is 0 Å². The molecule has 0 unspecified atom stereocenters. The zero-order valence-corrected chi connectivity index (χ0v) is 8.51. The Balaban J connectivity index is 2.44. The van der Waals surface area contributed by atoms with Crippen LogP contribution in [0.5, 0.6) is 0 Å². The molecule has 0 atom stereocenters. The van der Waals surface area contributed by atoms with Gasteiger partial charge in [-0.15, -0.1) is 0 Å². The van der Waals surface area contributed by atoms with Gasteiger partial charge >= 0.3 is 6.03 Å². The molecule has 0 bridgehead atoms. The van der Waals surface area contributed by atoms with Gasteiger partial charge < -0.3 is 10.6 Å². The summed E-state index contributed by atoms with van der Waals surface area (Å²) in [7, 11) is 0. The van der Waals surface area contributed by atoms with Crippen molar-refractivity contribution in [1.82, 2.24) is 5.32 Å². The van der Waals surface area contributed by atoms with Crippen molar-refractivity contribution in [2.45, 2.75) is 6.92 Å². The maximum atomic E-state index is 12.5. The fraction of sp³-hybridized carbons (Fsp3) is 0.182. The van der Waals surface area contributed by atoms with E-state index in [0.717, 1.165) is 5.57 Å². The molecule has 0 aliphatic carbocycles. The third kappa shape index (κ3) is 4.26. The Kier molecular flexibility index (Phi) is 3.85.